The fourth-order valence-electron chi connectivity index (χ4n) is 3.10. The highest BCUT2D eigenvalue weighted by Crippen LogP contribution is 2.23. The first-order valence-corrected chi connectivity index (χ1v) is 8.47. The Morgan fingerprint density at radius 1 is 1.24 bits per heavy atom. The largest absolute Gasteiger partial charge is 0.312 e. The molecule has 1 aliphatic heterocycles. The van der Waals surface area contributed by atoms with Gasteiger partial charge in [-0.15, -0.1) is 0 Å². The Morgan fingerprint density at radius 3 is 2.62 bits per heavy atom. The molecule has 2 unspecified atom stereocenters. The Bertz CT molecular complexity index is 407. The van der Waals surface area contributed by atoms with Crippen LogP contribution in [0.15, 0.2) is 30.3 Å². The van der Waals surface area contributed by atoms with Gasteiger partial charge in [0.05, 0.1) is 0 Å². The minimum absolute atomic E-state index is 0.341. The molecule has 21 heavy (non-hydrogen) atoms. The molecule has 1 aliphatic rings. The molecule has 1 aromatic carbocycles. The Morgan fingerprint density at radius 2 is 1.95 bits per heavy atom. The fraction of sp³-hybridized carbons (Fsp3) is 0.684. The molecule has 1 fully saturated rings. The molecule has 1 aromatic rings. The molecule has 0 radical (unpaired) electrons. The molecule has 118 valence electrons. The van der Waals surface area contributed by atoms with Gasteiger partial charge in [0.1, 0.15) is 0 Å². The van der Waals surface area contributed by atoms with Crippen LogP contribution in [0.2, 0.25) is 0 Å². The normalized spacial score (nSPS) is 22.8. The zero-order valence-electron chi connectivity index (χ0n) is 14.2. The molecule has 0 bridgehead atoms. The second-order valence-electron chi connectivity index (χ2n) is 7.63. The average Bonchev–Trinajstić information content (AvgIpc) is 2.71. The van der Waals surface area contributed by atoms with Crippen LogP contribution in [-0.2, 0) is 0 Å². The summed E-state index contributed by atoms with van der Waals surface area (Å²) in [6.45, 7) is 14.2. The number of rotatable bonds is 4. The van der Waals surface area contributed by atoms with Crippen LogP contribution >= 0.6 is 0 Å². The van der Waals surface area contributed by atoms with Crippen molar-refractivity contribution in [3.63, 3.8) is 0 Å². The molecule has 2 heteroatoms. The summed E-state index contributed by atoms with van der Waals surface area (Å²) < 4.78 is 0. The quantitative estimate of drug-likeness (QED) is 0.904. The molecule has 1 saturated heterocycles. The maximum absolute atomic E-state index is 3.73. The second-order valence-corrected chi connectivity index (χ2v) is 7.63. The summed E-state index contributed by atoms with van der Waals surface area (Å²) in [6.07, 6.45) is 2.52. The van der Waals surface area contributed by atoms with Crippen LogP contribution in [0.5, 0.6) is 0 Å². The number of hydrogen-bond acceptors (Lipinski definition) is 2. The Balaban J connectivity index is 1.87. The maximum Gasteiger partial charge on any atom is 0.0243 e. The van der Waals surface area contributed by atoms with E-state index in [9.17, 15) is 0 Å². The van der Waals surface area contributed by atoms with Crippen LogP contribution in [0, 0.1) is 5.41 Å². The fourth-order valence-corrected chi connectivity index (χ4v) is 3.10. The van der Waals surface area contributed by atoms with Gasteiger partial charge in [0.15, 0.2) is 0 Å². The molecular weight excluding hydrogens is 256 g/mol. The topological polar surface area (TPSA) is 15.3 Å². The van der Waals surface area contributed by atoms with E-state index in [4.69, 9.17) is 0 Å². The van der Waals surface area contributed by atoms with E-state index < -0.39 is 0 Å². The van der Waals surface area contributed by atoms with E-state index in [-0.39, 0.29) is 0 Å². The van der Waals surface area contributed by atoms with Gasteiger partial charge in [-0.1, -0.05) is 58.0 Å². The molecule has 2 nitrogen and oxygen atoms in total. The summed E-state index contributed by atoms with van der Waals surface area (Å²) in [5.74, 6) is 0.649. The highest BCUT2D eigenvalue weighted by molar-refractivity contribution is 5.18. The SMILES string of the molecule is CC(CCN1CCCNC(C(C)(C)C)C1)c1ccccc1. The van der Waals surface area contributed by atoms with Gasteiger partial charge < -0.3 is 10.2 Å². The molecule has 1 N–H and O–H groups in total. The van der Waals surface area contributed by atoms with E-state index in [1.54, 1.807) is 0 Å². The summed E-state index contributed by atoms with van der Waals surface area (Å²) in [6, 6.07) is 11.5. The minimum atomic E-state index is 0.341. The number of benzene rings is 1. The lowest BCUT2D eigenvalue weighted by molar-refractivity contribution is 0.193. The van der Waals surface area contributed by atoms with Crippen molar-refractivity contribution in [2.45, 2.75) is 52.5 Å². The molecule has 0 aromatic heterocycles. The van der Waals surface area contributed by atoms with Crippen molar-refractivity contribution < 1.29 is 0 Å². The summed E-state index contributed by atoms with van der Waals surface area (Å²) in [4.78, 5) is 2.66. The predicted octanol–water partition coefficient (Wildman–Crippen LogP) is 3.89. The Hall–Kier alpha value is -0.860. The van der Waals surface area contributed by atoms with E-state index in [0.29, 0.717) is 17.4 Å². The Kier molecular flexibility index (Phi) is 5.83. The monoisotopic (exact) mass is 288 g/mol. The van der Waals surface area contributed by atoms with Crippen LogP contribution in [0.3, 0.4) is 0 Å². The van der Waals surface area contributed by atoms with Gasteiger partial charge in [0.2, 0.25) is 0 Å². The van der Waals surface area contributed by atoms with Crippen molar-refractivity contribution in [3.8, 4) is 0 Å². The first-order chi connectivity index (χ1) is 9.97. The van der Waals surface area contributed by atoms with Crippen molar-refractivity contribution in [2.24, 2.45) is 5.41 Å². The molecule has 2 atom stereocenters. The van der Waals surface area contributed by atoms with E-state index in [1.807, 2.05) is 0 Å². The van der Waals surface area contributed by atoms with Gasteiger partial charge in [0, 0.05) is 12.6 Å². The molecule has 1 heterocycles. The number of hydrogen-bond donors (Lipinski definition) is 1. The third-order valence-corrected chi connectivity index (χ3v) is 4.77. The smallest absolute Gasteiger partial charge is 0.0243 e. The zero-order chi connectivity index (χ0) is 15.3. The van der Waals surface area contributed by atoms with Crippen LogP contribution in [-0.4, -0.2) is 37.1 Å². The van der Waals surface area contributed by atoms with E-state index in [0.717, 1.165) is 6.54 Å². The van der Waals surface area contributed by atoms with Crippen molar-refractivity contribution in [1.82, 2.24) is 10.2 Å². The minimum Gasteiger partial charge on any atom is -0.312 e. The summed E-state index contributed by atoms with van der Waals surface area (Å²) >= 11 is 0. The van der Waals surface area contributed by atoms with E-state index in [1.165, 1.54) is 38.0 Å². The van der Waals surface area contributed by atoms with Crippen molar-refractivity contribution in [2.75, 3.05) is 26.2 Å². The third-order valence-electron chi connectivity index (χ3n) is 4.77. The number of nitrogens with one attached hydrogen (secondary N) is 1. The van der Waals surface area contributed by atoms with Crippen LogP contribution in [0.25, 0.3) is 0 Å². The lowest BCUT2D eigenvalue weighted by Gasteiger charge is -2.34. The number of nitrogens with zero attached hydrogens (tertiary/aromatic N) is 1. The van der Waals surface area contributed by atoms with Gasteiger partial charge in [-0.05, 0) is 49.4 Å². The highest BCUT2D eigenvalue weighted by Gasteiger charge is 2.27. The van der Waals surface area contributed by atoms with Crippen molar-refractivity contribution >= 4 is 0 Å². The predicted molar refractivity (Wildman–Crippen MR) is 91.8 cm³/mol. The van der Waals surface area contributed by atoms with Crippen LogP contribution < -0.4 is 5.32 Å². The molecule has 0 amide bonds. The average molecular weight is 288 g/mol. The standard InChI is InChI=1S/C19H32N2/c1-16(17-9-6-5-7-10-17)11-14-21-13-8-12-20-18(15-21)19(2,3)4/h5-7,9-10,16,18,20H,8,11-15H2,1-4H3. The Labute approximate surface area is 130 Å². The summed E-state index contributed by atoms with van der Waals surface area (Å²) in [7, 11) is 0. The third kappa shape index (κ3) is 5.12. The van der Waals surface area contributed by atoms with Crippen molar-refractivity contribution in [3.05, 3.63) is 35.9 Å². The molecule has 0 spiro atoms. The second kappa shape index (κ2) is 7.42. The van der Waals surface area contributed by atoms with Gasteiger partial charge in [-0.25, -0.2) is 0 Å². The molecule has 2 rings (SSSR count). The first kappa shape index (κ1) is 16.5. The zero-order valence-corrected chi connectivity index (χ0v) is 14.2. The lowest BCUT2D eigenvalue weighted by Crippen LogP contribution is -2.46. The molecule has 0 aliphatic carbocycles. The summed E-state index contributed by atoms with van der Waals surface area (Å²) in [5, 5.41) is 3.73. The first-order valence-electron chi connectivity index (χ1n) is 8.47. The molecular formula is C19H32N2. The van der Waals surface area contributed by atoms with Gasteiger partial charge in [-0.3, -0.25) is 0 Å². The van der Waals surface area contributed by atoms with Crippen LogP contribution in [0.1, 0.15) is 52.0 Å². The summed E-state index contributed by atoms with van der Waals surface area (Å²) in [5.41, 5.74) is 1.81. The highest BCUT2D eigenvalue weighted by atomic mass is 15.2. The van der Waals surface area contributed by atoms with E-state index in [2.05, 4.69) is 68.2 Å². The molecule has 0 saturated carbocycles. The van der Waals surface area contributed by atoms with E-state index >= 15 is 0 Å². The van der Waals surface area contributed by atoms with Gasteiger partial charge >= 0.3 is 0 Å². The van der Waals surface area contributed by atoms with Gasteiger partial charge in [-0.2, -0.15) is 0 Å². The maximum atomic E-state index is 3.73. The van der Waals surface area contributed by atoms with Crippen LogP contribution in [0.4, 0.5) is 0 Å². The lowest BCUT2D eigenvalue weighted by atomic mass is 9.86. The van der Waals surface area contributed by atoms with Gasteiger partial charge in [0.25, 0.3) is 0 Å². The van der Waals surface area contributed by atoms with Crippen molar-refractivity contribution in [1.29, 1.82) is 0 Å².